The lowest BCUT2D eigenvalue weighted by atomic mass is 10.3. The molecule has 8 heteroatoms. The monoisotopic (exact) mass is 378 g/mol. The van der Waals surface area contributed by atoms with Crippen molar-refractivity contribution in [3.63, 3.8) is 0 Å². The zero-order valence-electron chi connectivity index (χ0n) is 9.90. The minimum Gasteiger partial charge on any atom is -0.395 e. The van der Waals surface area contributed by atoms with E-state index in [9.17, 15) is 12.8 Å². The summed E-state index contributed by atoms with van der Waals surface area (Å²) in [6, 6.07) is 8.20. The number of sulfonamides is 1. The highest BCUT2D eigenvalue weighted by molar-refractivity contribution is 9.10. The van der Waals surface area contributed by atoms with Gasteiger partial charge in [-0.2, -0.15) is 0 Å². The molecule has 0 atom stereocenters. The van der Waals surface area contributed by atoms with Crippen molar-refractivity contribution in [3.05, 3.63) is 51.7 Å². The molecule has 2 aromatic carbocycles. The lowest BCUT2D eigenvalue weighted by Gasteiger charge is -2.12. The quantitative estimate of drug-likeness (QED) is 0.800. The molecule has 0 aliphatic heterocycles. The van der Waals surface area contributed by atoms with Gasteiger partial charge in [0, 0.05) is 9.50 Å². The van der Waals surface area contributed by atoms with E-state index in [0.29, 0.717) is 9.50 Å². The SMILES string of the molecule is Nc1c(F)cccc1S(=O)(=O)Nc1cc(Cl)ccc1Br. The van der Waals surface area contributed by atoms with Crippen molar-refractivity contribution in [2.75, 3.05) is 10.5 Å². The number of nitrogens with two attached hydrogens (primary N) is 1. The number of rotatable bonds is 3. The van der Waals surface area contributed by atoms with Crippen LogP contribution in [0.5, 0.6) is 0 Å². The molecule has 0 bridgehead atoms. The van der Waals surface area contributed by atoms with Gasteiger partial charge in [0.2, 0.25) is 0 Å². The van der Waals surface area contributed by atoms with Gasteiger partial charge in [-0.15, -0.1) is 0 Å². The summed E-state index contributed by atoms with van der Waals surface area (Å²) in [5.41, 5.74) is 5.26. The maximum atomic E-state index is 13.3. The molecule has 0 saturated heterocycles. The van der Waals surface area contributed by atoms with Crippen LogP contribution in [-0.4, -0.2) is 8.42 Å². The molecular formula is C12H9BrClFN2O2S. The van der Waals surface area contributed by atoms with Crippen molar-refractivity contribution < 1.29 is 12.8 Å². The van der Waals surface area contributed by atoms with Crippen molar-refractivity contribution in [1.82, 2.24) is 0 Å². The van der Waals surface area contributed by atoms with Gasteiger partial charge < -0.3 is 5.73 Å². The van der Waals surface area contributed by atoms with E-state index in [0.717, 1.165) is 6.07 Å². The van der Waals surface area contributed by atoms with Gasteiger partial charge in [-0.1, -0.05) is 17.7 Å². The summed E-state index contributed by atoms with van der Waals surface area (Å²) in [5.74, 6) is -0.793. The molecule has 0 aromatic heterocycles. The number of para-hydroxylation sites is 1. The molecular weight excluding hydrogens is 371 g/mol. The second kappa shape index (κ2) is 5.59. The Kier molecular flexibility index (Phi) is 4.22. The molecule has 0 heterocycles. The average Bonchev–Trinajstić information content (AvgIpc) is 2.36. The molecule has 4 nitrogen and oxygen atoms in total. The molecule has 3 N–H and O–H groups in total. The van der Waals surface area contributed by atoms with Gasteiger partial charge in [0.25, 0.3) is 10.0 Å². The van der Waals surface area contributed by atoms with E-state index >= 15 is 0 Å². The van der Waals surface area contributed by atoms with E-state index in [-0.39, 0.29) is 10.6 Å². The first-order chi connectivity index (χ1) is 9.31. The first-order valence-electron chi connectivity index (χ1n) is 5.33. The van der Waals surface area contributed by atoms with Gasteiger partial charge in [-0.3, -0.25) is 4.72 Å². The molecule has 0 fully saturated rings. The van der Waals surface area contributed by atoms with Crippen LogP contribution < -0.4 is 10.5 Å². The molecule has 0 amide bonds. The summed E-state index contributed by atoms with van der Waals surface area (Å²) in [6.45, 7) is 0. The molecule has 0 aliphatic rings. The Morgan fingerprint density at radius 3 is 2.65 bits per heavy atom. The van der Waals surface area contributed by atoms with E-state index < -0.39 is 21.5 Å². The Morgan fingerprint density at radius 1 is 1.25 bits per heavy atom. The predicted octanol–water partition coefficient (Wildman–Crippen LogP) is 3.62. The Balaban J connectivity index is 2.46. The van der Waals surface area contributed by atoms with Crippen LogP contribution in [-0.2, 0) is 10.0 Å². The molecule has 0 unspecified atom stereocenters. The second-order valence-corrected chi connectivity index (χ2v) is 6.82. The fourth-order valence-electron chi connectivity index (χ4n) is 1.53. The smallest absolute Gasteiger partial charge is 0.264 e. The van der Waals surface area contributed by atoms with Crippen molar-refractivity contribution >= 4 is 48.9 Å². The number of hydrogen-bond acceptors (Lipinski definition) is 3. The van der Waals surface area contributed by atoms with Crippen LogP contribution >= 0.6 is 27.5 Å². The first-order valence-corrected chi connectivity index (χ1v) is 7.98. The number of nitrogen functional groups attached to an aromatic ring is 1. The third kappa shape index (κ3) is 3.05. The van der Waals surface area contributed by atoms with Gasteiger partial charge in [-0.05, 0) is 46.3 Å². The minimum absolute atomic E-state index is 0.237. The number of anilines is 2. The topological polar surface area (TPSA) is 72.2 Å². The van der Waals surface area contributed by atoms with Crippen LogP contribution in [0.25, 0.3) is 0 Å². The summed E-state index contributed by atoms with van der Waals surface area (Å²) in [5, 5.41) is 0.359. The van der Waals surface area contributed by atoms with Crippen molar-refractivity contribution in [1.29, 1.82) is 0 Å². The number of hydrogen-bond donors (Lipinski definition) is 2. The zero-order valence-corrected chi connectivity index (χ0v) is 13.1. The zero-order chi connectivity index (χ0) is 14.9. The Morgan fingerprint density at radius 2 is 1.95 bits per heavy atom. The molecule has 2 aromatic rings. The molecule has 0 saturated carbocycles. The Bertz CT molecular complexity index is 768. The summed E-state index contributed by atoms with van der Waals surface area (Å²) in [7, 11) is -4.01. The van der Waals surface area contributed by atoms with E-state index in [1.165, 1.54) is 18.2 Å². The van der Waals surface area contributed by atoms with Crippen molar-refractivity contribution in [3.8, 4) is 0 Å². The van der Waals surface area contributed by atoms with E-state index in [1.807, 2.05) is 0 Å². The molecule has 0 aliphatic carbocycles. The number of benzene rings is 2. The van der Waals surface area contributed by atoms with Crippen molar-refractivity contribution in [2.24, 2.45) is 0 Å². The van der Waals surface area contributed by atoms with Crippen LogP contribution in [0.3, 0.4) is 0 Å². The maximum Gasteiger partial charge on any atom is 0.264 e. The van der Waals surface area contributed by atoms with E-state index in [4.69, 9.17) is 17.3 Å². The van der Waals surface area contributed by atoms with Gasteiger partial charge in [0.05, 0.1) is 11.4 Å². The maximum absolute atomic E-state index is 13.3. The number of nitrogens with one attached hydrogen (secondary N) is 1. The van der Waals surface area contributed by atoms with Gasteiger partial charge in [0.15, 0.2) is 0 Å². The third-order valence-corrected chi connectivity index (χ3v) is 4.83. The number of halogens is 3. The molecule has 2 rings (SSSR count). The normalized spacial score (nSPS) is 11.3. The van der Waals surface area contributed by atoms with Gasteiger partial charge in [-0.25, -0.2) is 12.8 Å². The Labute approximate surface area is 128 Å². The molecule has 20 heavy (non-hydrogen) atoms. The highest BCUT2D eigenvalue weighted by atomic mass is 79.9. The van der Waals surface area contributed by atoms with Crippen LogP contribution in [0.4, 0.5) is 15.8 Å². The lowest BCUT2D eigenvalue weighted by Crippen LogP contribution is -2.15. The summed E-state index contributed by atoms with van der Waals surface area (Å²) in [4.78, 5) is -0.329. The van der Waals surface area contributed by atoms with Gasteiger partial charge >= 0.3 is 0 Å². The molecule has 0 radical (unpaired) electrons. The molecule has 106 valence electrons. The molecule has 0 spiro atoms. The van der Waals surface area contributed by atoms with Crippen LogP contribution in [0.2, 0.25) is 5.02 Å². The predicted molar refractivity (Wildman–Crippen MR) is 80.8 cm³/mol. The average molecular weight is 380 g/mol. The van der Waals surface area contributed by atoms with Crippen LogP contribution in [0.1, 0.15) is 0 Å². The highest BCUT2D eigenvalue weighted by Crippen LogP contribution is 2.29. The Hall–Kier alpha value is -1.31. The van der Waals surface area contributed by atoms with Crippen LogP contribution in [0.15, 0.2) is 45.8 Å². The summed E-state index contributed by atoms with van der Waals surface area (Å²) >= 11 is 9.01. The van der Waals surface area contributed by atoms with E-state index in [1.54, 1.807) is 12.1 Å². The summed E-state index contributed by atoms with van der Waals surface area (Å²) < 4.78 is 40.6. The van der Waals surface area contributed by atoms with Gasteiger partial charge in [0.1, 0.15) is 10.7 Å². The third-order valence-electron chi connectivity index (χ3n) is 2.48. The lowest BCUT2D eigenvalue weighted by molar-refractivity contribution is 0.597. The minimum atomic E-state index is -4.01. The fraction of sp³-hybridized carbons (Fsp3) is 0. The van der Waals surface area contributed by atoms with Crippen molar-refractivity contribution in [2.45, 2.75) is 4.90 Å². The fourth-order valence-corrected chi connectivity index (χ4v) is 3.39. The standard InChI is InChI=1S/C12H9BrClFN2O2S/c13-8-5-4-7(14)6-10(8)17-20(18,19)11-3-1-2-9(15)12(11)16/h1-6,17H,16H2. The second-order valence-electron chi connectivity index (χ2n) is 3.88. The van der Waals surface area contributed by atoms with Crippen LogP contribution in [0, 0.1) is 5.82 Å². The summed E-state index contributed by atoms with van der Waals surface area (Å²) in [6.07, 6.45) is 0. The van der Waals surface area contributed by atoms with E-state index in [2.05, 4.69) is 20.7 Å². The first kappa shape index (κ1) is 15.1. The highest BCUT2D eigenvalue weighted by Gasteiger charge is 2.20. The largest absolute Gasteiger partial charge is 0.395 e.